The van der Waals surface area contributed by atoms with Gasteiger partial charge in [-0.3, -0.25) is 9.59 Å². The standard InChI is InChI=1S/C18H29N3O6.C4H10.C2H6/c1-5-11-9-18(11,15(24)25)20-14(23)12-7-6-8-21(12)13(22)10-19-16(26)27-17(2,3)4;1-4(2)3;1-2/h11-12H,5-10H2,1-4H3,(H,19,26)(H,20,23)(H,24,25);4H,1-3H3;1-2H3. The summed E-state index contributed by atoms with van der Waals surface area (Å²) >= 11 is 0. The molecular weight excluding hydrogens is 426 g/mol. The third-order valence-corrected chi connectivity index (χ3v) is 4.98. The lowest BCUT2D eigenvalue weighted by Crippen LogP contribution is -2.54. The monoisotopic (exact) mass is 471 g/mol. The Bertz CT molecular complexity index is 671. The molecule has 2 aliphatic rings. The molecule has 1 saturated carbocycles. The molecule has 3 atom stereocenters. The van der Waals surface area contributed by atoms with Crippen LogP contribution in [0.3, 0.4) is 0 Å². The minimum Gasteiger partial charge on any atom is -0.479 e. The van der Waals surface area contributed by atoms with E-state index in [2.05, 4.69) is 31.4 Å². The van der Waals surface area contributed by atoms with Crippen molar-refractivity contribution in [2.45, 2.75) is 105 Å². The lowest BCUT2D eigenvalue weighted by Gasteiger charge is -2.26. The highest BCUT2D eigenvalue weighted by Gasteiger charge is 2.61. The number of hydrogen-bond acceptors (Lipinski definition) is 5. The summed E-state index contributed by atoms with van der Waals surface area (Å²) in [5.41, 5.74) is -1.88. The van der Waals surface area contributed by atoms with Crippen LogP contribution in [0.1, 0.15) is 88.0 Å². The van der Waals surface area contributed by atoms with Gasteiger partial charge in [0.25, 0.3) is 0 Å². The highest BCUT2D eigenvalue weighted by molar-refractivity contribution is 5.95. The quantitative estimate of drug-likeness (QED) is 0.544. The highest BCUT2D eigenvalue weighted by atomic mass is 16.6. The van der Waals surface area contributed by atoms with E-state index in [1.165, 1.54) is 4.90 Å². The smallest absolute Gasteiger partial charge is 0.408 e. The molecule has 1 heterocycles. The van der Waals surface area contributed by atoms with E-state index in [9.17, 15) is 24.3 Å². The fourth-order valence-corrected chi connectivity index (χ4v) is 3.50. The Labute approximate surface area is 199 Å². The number of carbonyl (C=O) groups excluding carboxylic acids is 3. The third kappa shape index (κ3) is 10.0. The second kappa shape index (κ2) is 13.4. The molecule has 3 unspecified atom stereocenters. The van der Waals surface area contributed by atoms with Crippen LogP contribution < -0.4 is 10.6 Å². The van der Waals surface area contributed by atoms with Crippen molar-refractivity contribution in [2.24, 2.45) is 11.8 Å². The summed E-state index contributed by atoms with van der Waals surface area (Å²) in [6.45, 7) is 17.7. The van der Waals surface area contributed by atoms with E-state index in [1.807, 2.05) is 20.8 Å². The van der Waals surface area contributed by atoms with E-state index in [0.717, 1.165) is 5.92 Å². The zero-order valence-electron chi connectivity index (χ0n) is 21.9. The lowest BCUT2D eigenvalue weighted by atomic mass is 10.1. The molecule has 1 aliphatic heterocycles. The fraction of sp³-hybridized carbons (Fsp3) is 0.833. The molecule has 33 heavy (non-hydrogen) atoms. The zero-order chi connectivity index (χ0) is 26.0. The molecular formula is C24H45N3O6. The topological polar surface area (TPSA) is 125 Å². The summed E-state index contributed by atoms with van der Waals surface area (Å²) < 4.78 is 5.08. The van der Waals surface area contributed by atoms with Gasteiger partial charge in [-0.05, 0) is 51.9 Å². The van der Waals surface area contributed by atoms with Crippen LogP contribution in [0, 0.1) is 11.8 Å². The average molecular weight is 472 g/mol. The molecule has 2 rings (SSSR count). The second-order valence-corrected chi connectivity index (χ2v) is 9.91. The number of nitrogens with zero attached hydrogens (tertiary/aromatic N) is 1. The van der Waals surface area contributed by atoms with E-state index in [-0.39, 0.29) is 12.5 Å². The van der Waals surface area contributed by atoms with Crippen molar-refractivity contribution < 1.29 is 29.0 Å². The van der Waals surface area contributed by atoms with Crippen LogP contribution in [0.15, 0.2) is 0 Å². The van der Waals surface area contributed by atoms with Gasteiger partial charge in [0.05, 0.1) is 0 Å². The van der Waals surface area contributed by atoms with E-state index < -0.39 is 41.1 Å². The van der Waals surface area contributed by atoms with Crippen LogP contribution in [0.2, 0.25) is 0 Å². The number of rotatable bonds is 6. The Balaban J connectivity index is 0.00000154. The summed E-state index contributed by atoms with van der Waals surface area (Å²) in [4.78, 5) is 49.7. The van der Waals surface area contributed by atoms with Crippen molar-refractivity contribution in [3.63, 3.8) is 0 Å². The first-order chi connectivity index (χ1) is 15.2. The van der Waals surface area contributed by atoms with Gasteiger partial charge in [0.15, 0.2) is 0 Å². The minimum absolute atomic E-state index is 0.0849. The van der Waals surface area contributed by atoms with E-state index in [4.69, 9.17) is 4.74 Å². The minimum atomic E-state index is -1.21. The van der Waals surface area contributed by atoms with Gasteiger partial charge in [-0.15, -0.1) is 0 Å². The number of likely N-dealkylation sites (tertiary alicyclic amines) is 1. The number of carbonyl (C=O) groups is 4. The summed E-state index contributed by atoms with van der Waals surface area (Å²) in [6, 6.07) is -0.715. The SMILES string of the molecule is CC.CC(C)C.CCC1CC1(NC(=O)C1CCCN1C(=O)CNC(=O)OC(C)(C)C)C(=O)O. The van der Waals surface area contributed by atoms with Crippen LogP contribution in [-0.2, 0) is 19.1 Å². The molecule has 3 amide bonds. The number of aliphatic carboxylic acids is 1. The van der Waals surface area contributed by atoms with Gasteiger partial charge in [-0.2, -0.15) is 0 Å². The Morgan fingerprint density at radius 1 is 1.15 bits per heavy atom. The largest absolute Gasteiger partial charge is 0.479 e. The first-order valence-electron chi connectivity index (χ1n) is 12.0. The molecule has 0 bridgehead atoms. The van der Waals surface area contributed by atoms with E-state index in [0.29, 0.717) is 32.2 Å². The maximum atomic E-state index is 12.6. The number of alkyl carbamates (subject to hydrolysis) is 1. The van der Waals surface area contributed by atoms with Crippen LogP contribution >= 0.6 is 0 Å². The van der Waals surface area contributed by atoms with Crippen molar-refractivity contribution in [3.8, 4) is 0 Å². The lowest BCUT2D eigenvalue weighted by molar-refractivity contribution is -0.145. The molecule has 2 fully saturated rings. The summed E-state index contributed by atoms with van der Waals surface area (Å²) in [6.07, 6.45) is 1.49. The number of nitrogens with one attached hydrogen (secondary N) is 2. The molecule has 1 aliphatic carbocycles. The molecule has 1 saturated heterocycles. The second-order valence-electron chi connectivity index (χ2n) is 9.91. The average Bonchev–Trinajstić information content (AvgIpc) is 3.18. The normalized spacial score (nSPS) is 23.4. The van der Waals surface area contributed by atoms with Gasteiger partial charge in [0.1, 0.15) is 23.7 Å². The van der Waals surface area contributed by atoms with Crippen LogP contribution in [0.25, 0.3) is 0 Å². The first kappa shape index (κ1) is 30.7. The molecule has 9 nitrogen and oxygen atoms in total. The Morgan fingerprint density at radius 2 is 1.70 bits per heavy atom. The maximum absolute atomic E-state index is 12.6. The number of hydrogen-bond donors (Lipinski definition) is 3. The molecule has 3 N–H and O–H groups in total. The highest BCUT2D eigenvalue weighted by Crippen LogP contribution is 2.46. The number of carboxylic acid groups (broad SMARTS) is 1. The van der Waals surface area contributed by atoms with Crippen molar-refractivity contribution in [2.75, 3.05) is 13.1 Å². The predicted molar refractivity (Wildman–Crippen MR) is 128 cm³/mol. The van der Waals surface area contributed by atoms with Crippen molar-refractivity contribution >= 4 is 23.9 Å². The van der Waals surface area contributed by atoms with E-state index >= 15 is 0 Å². The third-order valence-electron chi connectivity index (χ3n) is 4.98. The Morgan fingerprint density at radius 3 is 2.12 bits per heavy atom. The molecule has 0 aromatic rings. The van der Waals surface area contributed by atoms with Gasteiger partial charge < -0.3 is 25.4 Å². The van der Waals surface area contributed by atoms with Gasteiger partial charge in [0, 0.05) is 6.54 Å². The van der Waals surface area contributed by atoms with Gasteiger partial charge in [0.2, 0.25) is 11.8 Å². The fourth-order valence-electron chi connectivity index (χ4n) is 3.50. The molecule has 192 valence electrons. The Hall–Kier alpha value is -2.32. The molecule has 0 spiro atoms. The number of ether oxygens (including phenoxy) is 1. The molecule has 0 aromatic heterocycles. The first-order valence-corrected chi connectivity index (χ1v) is 12.0. The van der Waals surface area contributed by atoms with Crippen molar-refractivity contribution in [3.05, 3.63) is 0 Å². The summed E-state index contributed by atoms with van der Waals surface area (Å²) in [5, 5.41) is 14.5. The van der Waals surface area contributed by atoms with Crippen LogP contribution in [-0.4, -0.2) is 64.2 Å². The predicted octanol–water partition coefficient (Wildman–Crippen LogP) is 3.56. The number of amides is 3. The van der Waals surface area contributed by atoms with Crippen LogP contribution in [0.5, 0.6) is 0 Å². The van der Waals surface area contributed by atoms with Gasteiger partial charge >= 0.3 is 12.1 Å². The zero-order valence-corrected chi connectivity index (χ0v) is 21.9. The van der Waals surface area contributed by atoms with E-state index in [1.54, 1.807) is 20.8 Å². The Kier molecular flexibility index (Phi) is 12.5. The van der Waals surface area contributed by atoms with Crippen molar-refractivity contribution in [1.82, 2.24) is 15.5 Å². The van der Waals surface area contributed by atoms with Crippen LogP contribution in [0.4, 0.5) is 4.79 Å². The maximum Gasteiger partial charge on any atom is 0.408 e. The number of carboxylic acids is 1. The summed E-state index contributed by atoms with van der Waals surface area (Å²) in [7, 11) is 0. The van der Waals surface area contributed by atoms with Crippen molar-refractivity contribution in [1.29, 1.82) is 0 Å². The molecule has 0 aromatic carbocycles. The molecule has 9 heteroatoms. The van der Waals surface area contributed by atoms with Gasteiger partial charge in [-0.1, -0.05) is 48.0 Å². The summed E-state index contributed by atoms with van der Waals surface area (Å²) in [5.74, 6) is -1.13. The van der Waals surface area contributed by atoms with Gasteiger partial charge in [-0.25, -0.2) is 9.59 Å². The molecule has 0 radical (unpaired) electrons.